The lowest BCUT2D eigenvalue weighted by atomic mass is 9.39. The van der Waals surface area contributed by atoms with Crippen LogP contribution in [0.1, 0.15) is 98.1 Å². The van der Waals surface area contributed by atoms with Gasteiger partial charge in [0.2, 0.25) is 0 Å². The molecule has 4 fully saturated rings. The number of carbonyl (C=O) groups is 1. The van der Waals surface area contributed by atoms with E-state index in [1.165, 1.54) is 6.42 Å². The van der Waals surface area contributed by atoms with Crippen LogP contribution in [0.2, 0.25) is 0 Å². The summed E-state index contributed by atoms with van der Waals surface area (Å²) in [5.41, 5.74) is 6.88. The summed E-state index contributed by atoms with van der Waals surface area (Å²) in [5, 5.41) is 31.4. The fraction of sp³-hybridized carbons (Fsp3) is 0.490. The van der Waals surface area contributed by atoms with Crippen LogP contribution in [0, 0.1) is 30.1 Å². The molecule has 14 nitrogen and oxygen atoms in total. The second kappa shape index (κ2) is 17.6. The van der Waals surface area contributed by atoms with Crippen molar-refractivity contribution >= 4 is 50.1 Å². The molecule has 5 heterocycles. The third-order valence-corrected chi connectivity index (χ3v) is 15.5. The Morgan fingerprint density at radius 1 is 0.909 bits per heavy atom. The van der Waals surface area contributed by atoms with Crippen molar-refractivity contribution in [3.05, 3.63) is 94.9 Å². The highest BCUT2D eigenvalue weighted by Crippen LogP contribution is 2.72. The molecule has 0 saturated heterocycles. The molecular formula is C51H61N9O5S. The maximum Gasteiger partial charge on any atom is 0.358 e. The molecule has 2 unspecified atom stereocenters. The molecule has 4 aliphatic carbocycles. The molecule has 15 heteroatoms. The zero-order valence-corrected chi connectivity index (χ0v) is 39.6. The van der Waals surface area contributed by atoms with Gasteiger partial charge in [0.15, 0.2) is 22.5 Å². The van der Waals surface area contributed by atoms with Crippen LogP contribution in [0.5, 0.6) is 5.75 Å². The SMILES string of the molecule is COc1ccc(COC(=O)c2nc(N3CCCc4c3nnc(Nc3nc5ccccc5s3)c4C)ccc2-c2cnn(CC34CC5(OCCNCCCO)C[C@](C)(C3)C[C@](C)(C4)C5)c2C)cc1. The van der Waals surface area contributed by atoms with Crippen molar-refractivity contribution in [1.82, 2.24) is 35.3 Å². The van der Waals surface area contributed by atoms with Gasteiger partial charge in [0.1, 0.15) is 18.2 Å². The number of anilines is 4. The first-order valence-electron chi connectivity index (χ1n) is 23.4. The average molecular weight is 912 g/mol. The van der Waals surface area contributed by atoms with Crippen LogP contribution in [-0.2, 0) is 29.0 Å². The molecule has 346 valence electrons. The number of fused-ring (bicyclic) bond motifs is 2. The molecule has 0 radical (unpaired) electrons. The largest absolute Gasteiger partial charge is 0.497 e. The van der Waals surface area contributed by atoms with Gasteiger partial charge in [-0.3, -0.25) is 4.68 Å². The van der Waals surface area contributed by atoms with Gasteiger partial charge < -0.3 is 34.9 Å². The number of para-hydroxylation sites is 1. The molecule has 4 saturated carbocycles. The van der Waals surface area contributed by atoms with Crippen LogP contribution >= 0.6 is 11.3 Å². The number of nitrogens with one attached hydrogen (secondary N) is 2. The van der Waals surface area contributed by atoms with Crippen LogP contribution in [0.3, 0.4) is 0 Å². The molecule has 4 aromatic heterocycles. The molecule has 0 amide bonds. The molecule has 4 atom stereocenters. The summed E-state index contributed by atoms with van der Waals surface area (Å²) in [6.07, 6.45) is 11.0. The normalized spacial score (nSPS) is 24.2. The van der Waals surface area contributed by atoms with Crippen molar-refractivity contribution in [2.45, 2.75) is 104 Å². The Morgan fingerprint density at radius 3 is 2.48 bits per heavy atom. The van der Waals surface area contributed by atoms with Crippen LogP contribution in [-0.4, -0.2) is 86.6 Å². The van der Waals surface area contributed by atoms with Gasteiger partial charge >= 0.3 is 5.97 Å². The monoisotopic (exact) mass is 911 g/mol. The summed E-state index contributed by atoms with van der Waals surface area (Å²) in [6, 6.07) is 19.6. The molecule has 4 bridgehead atoms. The van der Waals surface area contributed by atoms with Gasteiger partial charge in [-0.2, -0.15) is 5.10 Å². The fourth-order valence-electron chi connectivity index (χ4n) is 12.9. The number of hydrogen-bond acceptors (Lipinski definition) is 14. The number of carbonyl (C=O) groups excluding carboxylic acids is 1. The molecule has 2 aromatic carbocycles. The lowest BCUT2D eigenvalue weighted by Crippen LogP contribution is -2.64. The quantitative estimate of drug-likeness (QED) is 0.0587. The number of hydrogen-bond donors (Lipinski definition) is 3. The third-order valence-electron chi connectivity index (χ3n) is 14.5. The van der Waals surface area contributed by atoms with Crippen molar-refractivity contribution in [3.8, 4) is 16.9 Å². The number of esters is 1. The highest BCUT2D eigenvalue weighted by molar-refractivity contribution is 7.22. The van der Waals surface area contributed by atoms with Gasteiger partial charge in [-0.1, -0.05) is 49.4 Å². The first-order chi connectivity index (χ1) is 31.9. The van der Waals surface area contributed by atoms with Crippen molar-refractivity contribution < 1.29 is 24.1 Å². The van der Waals surface area contributed by atoms with Gasteiger partial charge in [-0.15, -0.1) is 10.2 Å². The molecule has 11 rings (SSSR count). The van der Waals surface area contributed by atoms with Crippen molar-refractivity contribution in [2.75, 3.05) is 50.2 Å². The Hall–Kier alpha value is -5.48. The maximum atomic E-state index is 14.4. The smallest absolute Gasteiger partial charge is 0.358 e. The number of aliphatic hydroxyl groups is 1. The summed E-state index contributed by atoms with van der Waals surface area (Å²) in [6.45, 7) is 13.1. The van der Waals surface area contributed by atoms with E-state index in [0.717, 1.165) is 126 Å². The third kappa shape index (κ3) is 8.66. The predicted octanol–water partition coefficient (Wildman–Crippen LogP) is 9.26. The lowest BCUT2D eigenvalue weighted by Gasteiger charge is -2.69. The summed E-state index contributed by atoms with van der Waals surface area (Å²) in [5.74, 6) is 2.22. The molecule has 6 aromatic rings. The van der Waals surface area contributed by atoms with E-state index in [0.29, 0.717) is 30.4 Å². The van der Waals surface area contributed by atoms with E-state index >= 15 is 0 Å². The van der Waals surface area contributed by atoms with E-state index < -0.39 is 5.97 Å². The van der Waals surface area contributed by atoms with E-state index in [-0.39, 0.29) is 40.8 Å². The fourth-order valence-corrected chi connectivity index (χ4v) is 13.7. The minimum absolute atomic E-state index is 0.0312. The predicted molar refractivity (Wildman–Crippen MR) is 257 cm³/mol. The van der Waals surface area contributed by atoms with E-state index in [9.17, 15) is 9.90 Å². The standard InChI is InChI=1S/C51H61N9O5S/c1-33-37-10-8-21-59(45(37)58-57-44(33)56-47-54-40-11-6-7-12-41(40)66-47)42-18-17-38(43(55-42)46(62)64-25-35-13-15-36(63-5)16-14-35)39-24-53-60(34(39)2)32-50-27-48(3)26-49(4,28-50)30-51(29-48,31-50)65-23-20-52-19-9-22-61/h6-7,11-18,24,52,61H,8-10,19-23,25-32H2,1-5H3,(H,54,56,57)/t48-,49+,50?,51?. The van der Waals surface area contributed by atoms with Gasteiger partial charge in [0.25, 0.3) is 0 Å². The minimum Gasteiger partial charge on any atom is -0.497 e. The molecule has 66 heavy (non-hydrogen) atoms. The van der Waals surface area contributed by atoms with Gasteiger partial charge in [0, 0.05) is 54.2 Å². The second-order valence-electron chi connectivity index (χ2n) is 20.2. The molecule has 1 aliphatic heterocycles. The Bertz CT molecular complexity index is 2700. The number of aromatic nitrogens is 6. The van der Waals surface area contributed by atoms with E-state index in [1.54, 1.807) is 18.4 Å². The number of ether oxygens (including phenoxy) is 3. The first-order valence-corrected chi connectivity index (χ1v) is 24.3. The zero-order valence-electron chi connectivity index (χ0n) is 38.8. The number of aliphatic hydroxyl groups excluding tert-OH is 1. The Labute approximate surface area is 390 Å². The molecule has 0 spiro atoms. The first kappa shape index (κ1) is 44.4. The maximum absolute atomic E-state index is 14.4. The lowest BCUT2D eigenvalue weighted by molar-refractivity contribution is -0.247. The summed E-state index contributed by atoms with van der Waals surface area (Å²) >= 11 is 1.59. The highest BCUT2D eigenvalue weighted by atomic mass is 32.1. The van der Waals surface area contributed by atoms with E-state index in [1.807, 2.05) is 60.8 Å². The van der Waals surface area contributed by atoms with Crippen LogP contribution in [0.25, 0.3) is 21.3 Å². The van der Waals surface area contributed by atoms with E-state index in [2.05, 4.69) is 59.1 Å². The van der Waals surface area contributed by atoms with Gasteiger partial charge in [-0.25, -0.2) is 14.8 Å². The highest BCUT2D eigenvalue weighted by Gasteiger charge is 2.66. The molecular weight excluding hydrogens is 851 g/mol. The van der Waals surface area contributed by atoms with Crippen molar-refractivity contribution in [1.29, 1.82) is 0 Å². The summed E-state index contributed by atoms with van der Waals surface area (Å²) in [4.78, 5) is 26.4. The van der Waals surface area contributed by atoms with E-state index in [4.69, 9.17) is 34.4 Å². The number of benzene rings is 2. The topological polar surface area (TPSA) is 162 Å². The minimum atomic E-state index is -0.517. The zero-order chi connectivity index (χ0) is 45.7. The number of pyridine rings is 1. The van der Waals surface area contributed by atoms with Crippen molar-refractivity contribution in [2.24, 2.45) is 16.2 Å². The van der Waals surface area contributed by atoms with Crippen LogP contribution in [0.4, 0.5) is 22.6 Å². The van der Waals surface area contributed by atoms with Crippen molar-refractivity contribution in [3.63, 3.8) is 0 Å². The van der Waals surface area contributed by atoms with Crippen LogP contribution < -0.4 is 20.3 Å². The molecule has 5 aliphatic rings. The van der Waals surface area contributed by atoms with Gasteiger partial charge in [-0.05, 0) is 136 Å². The summed E-state index contributed by atoms with van der Waals surface area (Å²) < 4.78 is 21.6. The Morgan fingerprint density at radius 2 is 1.71 bits per heavy atom. The number of nitrogens with zero attached hydrogens (tertiary/aromatic N) is 7. The number of methoxy groups -OCH3 is 1. The van der Waals surface area contributed by atoms with Gasteiger partial charge in [0.05, 0.1) is 35.7 Å². The number of thiazole rings is 1. The van der Waals surface area contributed by atoms with Crippen LogP contribution in [0.15, 0.2) is 66.9 Å². The number of rotatable bonds is 17. The molecule has 3 N–H and O–H groups in total. The summed E-state index contributed by atoms with van der Waals surface area (Å²) in [7, 11) is 1.63. The average Bonchev–Trinajstić information content (AvgIpc) is 3.87. The Balaban J connectivity index is 0.945. The second-order valence-corrected chi connectivity index (χ2v) is 21.2. The Kier molecular flexibility index (Phi) is 11.9.